The monoisotopic (exact) mass is 454 g/mol. The highest BCUT2D eigenvalue weighted by Crippen LogP contribution is 2.40. The molecule has 4 aromatic rings. The lowest BCUT2D eigenvalue weighted by molar-refractivity contribution is -0.141. The highest BCUT2D eigenvalue weighted by molar-refractivity contribution is 5.89. The molecule has 0 aromatic carbocycles. The van der Waals surface area contributed by atoms with Crippen molar-refractivity contribution in [2.75, 3.05) is 10.6 Å². The van der Waals surface area contributed by atoms with E-state index in [1.54, 1.807) is 12.1 Å². The fourth-order valence-corrected chi connectivity index (χ4v) is 3.28. The third kappa shape index (κ3) is 4.45. The number of carbonyl (C=O) groups is 1. The number of aromatic amines is 1. The molecule has 1 aliphatic rings. The van der Waals surface area contributed by atoms with Crippen molar-refractivity contribution in [3.05, 3.63) is 48.0 Å². The van der Waals surface area contributed by atoms with Gasteiger partial charge in [-0.15, -0.1) is 0 Å². The fraction of sp³-hybridized carbons (Fsp3) is 0.238. The lowest BCUT2D eigenvalue weighted by atomic mass is 10.2. The number of carbonyl (C=O) groups excluding carboxylic acids is 1. The van der Waals surface area contributed by atoms with Crippen LogP contribution >= 0.6 is 0 Å². The highest BCUT2D eigenvalue weighted by Gasteiger charge is 2.33. The van der Waals surface area contributed by atoms with Crippen molar-refractivity contribution in [2.45, 2.75) is 31.9 Å². The molecule has 0 radical (unpaired) electrons. The van der Waals surface area contributed by atoms with Crippen molar-refractivity contribution in [1.29, 1.82) is 0 Å². The van der Waals surface area contributed by atoms with Gasteiger partial charge in [0.2, 0.25) is 5.91 Å². The van der Waals surface area contributed by atoms with Crippen LogP contribution in [0.5, 0.6) is 0 Å². The predicted octanol–water partition coefficient (Wildman–Crippen LogP) is 4.41. The summed E-state index contributed by atoms with van der Waals surface area (Å²) in [5, 5.41) is 5.72. The summed E-state index contributed by atoms with van der Waals surface area (Å²) in [6, 6.07) is 6.83. The third-order valence-corrected chi connectivity index (χ3v) is 4.93. The molecule has 4 aromatic heterocycles. The van der Waals surface area contributed by atoms with Crippen molar-refractivity contribution in [1.82, 2.24) is 29.9 Å². The van der Waals surface area contributed by atoms with Gasteiger partial charge in [0.25, 0.3) is 0 Å². The van der Waals surface area contributed by atoms with Crippen LogP contribution in [-0.4, -0.2) is 35.8 Å². The Morgan fingerprint density at radius 1 is 1.12 bits per heavy atom. The Balaban J connectivity index is 1.59. The number of nitrogens with zero attached hydrogens (tertiary/aromatic N) is 5. The van der Waals surface area contributed by atoms with Crippen LogP contribution < -0.4 is 10.6 Å². The van der Waals surface area contributed by atoms with Crippen molar-refractivity contribution in [2.24, 2.45) is 0 Å². The lowest BCUT2D eigenvalue weighted by Crippen LogP contribution is -2.09. The number of hydrogen-bond donors (Lipinski definition) is 3. The molecule has 1 fully saturated rings. The number of amides is 1. The average molecular weight is 454 g/mol. The number of rotatable bonds is 5. The smallest absolute Gasteiger partial charge is 0.338 e. The fourth-order valence-electron chi connectivity index (χ4n) is 3.28. The van der Waals surface area contributed by atoms with E-state index in [4.69, 9.17) is 0 Å². The first-order chi connectivity index (χ1) is 15.8. The molecule has 1 saturated carbocycles. The van der Waals surface area contributed by atoms with Crippen LogP contribution in [0.3, 0.4) is 0 Å². The molecule has 4 heterocycles. The molecule has 0 unspecified atom stereocenters. The molecule has 168 valence electrons. The SMILES string of the molecule is CC(=O)Nc1cc(Nc2nc(-c3cccc(C(F)(F)F)n3)nc3nc(C4CC4)[nH]c23)ccn1. The predicted molar refractivity (Wildman–Crippen MR) is 114 cm³/mol. The molecular weight excluding hydrogens is 437 g/mol. The number of imidazole rings is 1. The van der Waals surface area contributed by atoms with E-state index in [-0.39, 0.29) is 17.4 Å². The summed E-state index contributed by atoms with van der Waals surface area (Å²) in [7, 11) is 0. The maximum Gasteiger partial charge on any atom is 0.433 e. The Morgan fingerprint density at radius 3 is 2.67 bits per heavy atom. The van der Waals surface area contributed by atoms with Crippen molar-refractivity contribution >= 4 is 34.4 Å². The molecular formula is C21H17F3N8O. The standard InChI is InChI=1S/C21H17F3N8O/c1-10(33)26-15-9-12(7-8-25-15)27-19-16-20(30-17(29-16)11-5-6-11)32-18(31-19)13-3-2-4-14(28-13)21(22,23)24/h2-4,7-9,11H,5-6H2,1H3,(H3,25,26,27,29,30,31,32,33). The molecule has 0 saturated heterocycles. The van der Waals surface area contributed by atoms with E-state index in [0.29, 0.717) is 34.4 Å². The Bertz CT molecular complexity index is 1360. The van der Waals surface area contributed by atoms with Gasteiger partial charge in [-0.3, -0.25) is 4.79 Å². The normalized spacial score (nSPS) is 13.8. The topological polar surface area (TPSA) is 121 Å². The van der Waals surface area contributed by atoms with Gasteiger partial charge in [0.05, 0.1) is 0 Å². The second kappa shape index (κ2) is 7.80. The molecule has 12 heteroatoms. The Morgan fingerprint density at radius 2 is 1.94 bits per heavy atom. The number of pyridine rings is 2. The highest BCUT2D eigenvalue weighted by atomic mass is 19.4. The number of nitrogens with one attached hydrogen (secondary N) is 3. The molecule has 0 atom stereocenters. The zero-order valence-corrected chi connectivity index (χ0v) is 17.2. The zero-order valence-electron chi connectivity index (χ0n) is 17.2. The van der Waals surface area contributed by atoms with E-state index in [9.17, 15) is 18.0 Å². The largest absolute Gasteiger partial charge is 0.433 e. The Hall–Kier alpha value is -4.09. The summed E-state index contributed by atoms with van der Waals surface area (Å²) in [6.07, 6.45) is -1.08. The number of alkyl halides is 3. The van der Waals surface area contributed by atoms with E-state index < -0.39 is 11.9 Å². The van der Waals surface area contributed by atoms with Gasteiger partial charge < -0.3 is 15.6 Å². The molecule has 1 aliphatic carbocycles. The number of H-pyrrole nitrogens is 1. The summed E-state index contributed by atoms with van der Waals surface area (Å²) in [6.45, 7) is 1.37. The van der Waals surface area contributed by atoms with Gasteiger partial charge in [0.15, 0.2) is 17.3 Å². The van der Waals surface area contributed by atoms with E-state index in [1.807, 2.05) is 0 Å². The molecule has 0 spiro atoms. The van der Waals surface area contributed by atoms with Crippen molar-refractivity contribution in [3.63, 3.8) is 0 Å². The molecule has 0 aliphatic heterocycles. The zero-order chi connectivity index (χ0) is 23.2. The molecule has 33 heavy (non-hydrogen) atoms. The van der Waals surface area contributed by atoms with Crippen molar-refractivity contribution in [3.8, 4) is 11.5 Å². The van der Waals surface area contributed by atoms with Gasteiger partial charge in [-0.05, 0) is 31.0 Å². The van der Waals surface area contributed by atoms with E-state index in [1.165, 1.54) is 25.3 Å². The first-order valence-corrected chi connectivity index (χ1v) is 10.1. The van der Waals surface area contributed by atoms with Gasteiger partial charge in [-0.2, -0.15) is 13.2 Å². The van der Waals surface area contributed by atoms with Crippen LogP contribution in [0.15, 0.2) is 36.5 Å². The minimum absolute atomic E-state index is 0.00101. The average Bonchev–Trinajstić information content (AvgIpc) is 3.52. The Kier molecular flexibility index (Phi) is 4.91. The van der Waals surface area contributed by atoms with Gasteiger partial charge in [-0.1, -0.05) is 6.07 Å². The summed E-state index contributed by atoms with van der Waals surface area (Å²) in [5.74, 6) is 1.43. The molecule has 1 amide bonds. The van der Waals surface area contributed by atoms with E-state index >= 15 is 0 Å². The minimum Gasteiger partial charge on any atom is -0.338 e. The van der Waals surface area contributed by atoms with Gasteiger partial charge in [0.1, 0.15) is 28.5 Å². The Labute approximate surface area is 184 Å². The number of anilines is 3. The number of halogens is 3. The van der Waals surface area contributed by atoms with Crippen LogP contribution in [0.25, 0.3) is 22.7 Å². The number of fused-ring (bicyclic) bond motifs is 1. The quantitative estimate of drug-likeness (QED) is 0.408. The van der Waals surface area contributed by atoms with Crippen molar-refractivity contribution < 1.29 is 18.0 Å². The molecule has 5 rings (SSSR count). The van der Waals surface area contributed by atoms with Gasteiger partial charge in [-0.25, -0.2) is 24.9 Å². The van der Waals surface area contributed by atoms with Gasteiger partial charge in [0, 0.05) is 30.8 Å². The summed E-state index contributed by atoms with van der Waals surface area (Å²) in [4.78, 5) is 35.7. The number of aromatic nitrogens is 6. The molecule has 9 nitrogen and oxygen atoms in total. The maximum absolute atomic E-state index is 13.2. The maximum atomic E-state index is 13.2. The van der Waals surface area contributed by atoms with Crippen LogP contribution in [0.2, 0.25) is 0 Å². The first-order valence-electron chi connectivity index (χ1n) is 10.1. The second-order valence-electron chi connectivity index (χ2n) is 7.63. The summed E-state index contributed by atoms with van der Waals surface area (Å²) in [5.41, 5.74) is 0.330. The second-order valence-corrected chi connectivity index (χ2v) is 7.63. The summed E-state index contributed by atoms with van der Waals surface area (Å²) < 4.78 is 39.5. The molecule has 0 bridgehead atoms. The first kappa shape index (κ1) is 20.8. The van der Waals surface area contributed by atoms with E-state index in [2.05, 4.69) is 40.5 Å². The van der Waals surface area contributed by atoms with Crippen LogP contribution in [-0.2, 0) is 11.0 Å². The van der Waals surface area contributed by atoms with Crippen LogP contribution in [0.4, 0.5) is 30.5 Å². The lowest BCUT2D eigenvalue weighted by Gasteiger charge is -2.10. The van der Waals surface area contributed by atoms with Crippen LogP contribution in [0.1, 0.15) is 37.2 Å². The van der Waals surface area contributed by atoms with Crippen LogP contribution in [0, 0.1) is 0 Å². The molecule has 3 N–H and O–H groups in total. The number of hydrogen-bond acceptors (Lipinski definition) is 7. The minimum atomic E-state index is -4.59. The van der Waals surface area contributed by atoms with Gasteiger partial charge >= 0.3 is 6.18 Å². The van der Waals surface area contributed by atoms with E-state index in [0.717, 1.165) is 24.7 Å². The summed E-state index contributed by atoms with van der Waals surface area (Å²) >= 11 is 0. The third-order valence-electron chi connectivity index (χ3n) is 4.93.